The van der Waals surface area contributed by atoms with E-state index in [1.165, 1.54) is 17.0 Å². The number of carbonyl (C=O) groups is 4. The first kappa shape index (κ1) is 21.3. The number of hydrogen-bond acceptors (Lipinski definition) is 5. The van der Waals surface area contributed by atoms with Crippen molar-refractivity contribution in [1.82, 2.24) is 5.32 Å². The standard InChI is InChI=1S/C18H23FN4O5/c1-18(2,3)17(27)22-14(15(20)25)16(26)21-12-5-4-10(8-11(12)19)23-6-7-28-9-13(23)24/h4-5,8,14H,6-7,9H2,1-3H3,(H2,20,25)(H,21,26)(H,22,27)/t14-/m0/s1. The number of carbonyl (C=O) groups excluding carboxylic acids is 4. The van der Waals surface area contributed by atoms with Crippen molar-refractivity contribution in [1.29, 1.82) is 0 Å². The molecular formula is C18H23FN4O5. The Bertz CT molecular complexity index is 806. The van der Waals surface area contributed by atoms with Gasteiger partial charge < -0.3 is 26.0 Å². The molecule has 1 atom stereocenters. The van der Waals surface area contributed by atoms with Gasteiger partial charge in [0.25, 0.3) is 11.8 Å². The number of morpholine rings is 1. The summed E-state index contributed by atoms with van der Waals surface area (Å²) in [6.45, 7) is 5.33. The Labute approximate surface area is 161 Å². The van der Waals surface area contributed by atoms with Crippen LogP contribution < -0.4 is 21.3 Å². The van der Waals surface area contributed by atoms with E-state index in [2.05, 4.69) is 10.6 Å². The summed E-state index contributed by atoms with van der Waals surface area (Å²) < 4.78 is 19.4. The van der Waals surface area contributed by atoms with Gasteiger partial charge in [-0.2, -0.15) is 0 Å². The van der Waals surface area contributed by atoms with Crippen molar-refractivity contribution in [3.63, 3.8) is 0 Å². The normalized spacial score (nSPS) is 15.7. The summed E-state index contributed by atoms with van der Waals surface area (Å²) in [5.41, 5.74) is 4.44. The highest BCUT2D eigenvalue weighted by molar-refractivity contribution is 6.11. The summed E-state index contributed by atoms with van der Waals surface area (Å²) in [4.78, 5) is 49.1. The molecule has 1 aromatic rings. The van der Waals surface area contributed by atoms with E-state index >= 15 is 0 Å². The lowest BCUT2D eigenvalue weighted by Crippen LogP contribution is -2.54. The number of halogens is 1. The Morgan fingerprint density at radius 3 is 2.50 bits per heavy atom. The molecule has 0 spiro atoms. The van der Waals surface area contributed by atoms with E-state index in [4.69, 9.17) is 10.5 Å². The molecule has 0 unspecified atom stereocenters. The Morgan fingerprint density at radius 1 is 1.29 bits per heavy atom. The number of nitrogens with two attached hydrogens (primary N) is 1. The van der Waals surface area contributed by atoms with Crippen LogP contribution in [0.15, 0.2) is 18.2 Å². The second-order valence-corrected chi connectivity index (χ2v) is 7.31. The SMILES string of the molecule is CC(C)(C)C(=O)N[C@@H](C(N)=O)C(=O)Nc1ccc(N2CCOCC2=O)cc1F. The molecule has 1 fully saturated rings. The number of hydrogen-bond donors (Lipinski definition) is 3. The second-order valence-electron chi connectivity index (χ2n) is 7.31. The predicted octanol–water partition coefficient (Wildman–Crippen LogP) is 0.144. The molecule has 1 aromatic carbocycles. The summed E-state index contributed by atoms with van der Waals surface area (Å²) in [6, 6.07) is 2.14. The fourth-order valence-electron chi connectivity index (χ4n) is 2.38. The van der Waals surface area contributed by atoms with E-state index in [1.54, 1.807) is 20.8 Å². The van der Waals surface area contributed by atoms with Crippen LogP contribution in [0.3, 0.4) is 0 Å². The molecule has 1 heterocycles. The average molecular weight is 394 g/mol. The van der Waals surface area contributed by atoms with Gasteiger partial charge in [0.15, 0.2) is 6.04 Å². The number of rotatable bonds is 5. The molecule has 4 amide bonds. The molecule has 10 heteroatoms. The summed E-state index contributed by atoms with van der Waals surface area (Å²) in [5, 5.41) is 4.48. The molecule has 152 valence electrons. The maximum Gasteiger partial charge on any atom is 0.256 e. The Hall–Kier alpha value is -3.01. The molecule has 2 rings (SSSR count). The number of anilines is 2. The molecule has 28 heavy (non-hydrogen) atoms. The Morgan fingerprint density at radius 2 is 1.96 bits per heavy atom. The minimum absolute atomic E-state index is 0.0894. The lowest BCUT2D eigenvalue weighted by atomic mass is 9.95. The van der Waals surface area contributed by atoms with Crippen LogP contribution in [-0.2, 0) is 23.9 Å². The largest absolute Gasteiger partial charge is 0.370 e. The van der Waals surface area contributed by atoms with Crippen molar-refractivity contribution < 1.29 is 28.3 Å². The lowest BCUT2D eigenvalue weighted by Gasteiger charge is -2.27. The highest BCUT2D eigenvalue weighted by Crippen LogP contribution is 2.23. The van der Waals surface area contributed by atoms with Gasteiger partial charge in [0.2, 0.25) is 11.8 Å². The maximum absolute atomic E-state index is 14.4. The van der Waals surface area contributed by atoms with Gasteiger partial charge in [0, 0.05) is 17.6 Å². The van der Waals surface area contributed by atoms with Crippen LogP contribution in [0.4, 0.5) is 15.8 Å². The van der Waals surface area contributed by atoms with Gasteiger partial charge in [-0.15, -0.1) is 0 Å². The van der Waals surface area contributed by atoms with Gasteiger partial charge in [0.05, 0.1) is 12.3 Å². The third-order valence-corrected chi connectivity index (χ3v) is 4.01. The molecule has 4 N–H and O–H groups in total. The number of ether oxygens (including phenoxy) is 1. The molecular weight excluding hydrogens is 371 g/mol. The Kier molecular flexibility index (Phi) is 6.34. The van der Waals surface area contributed by atoms with Crippen molar-refractivity contribution in [2.24, 2.45) is 11.1 Å². The van der Waals surface area contributed by atoms with Crippen LogP contribution in [0.2, 0.25) is 0 Å². The summed E-state index contributed by atoms with van der Waals surface area (Å²) >= 11 is 0. The van der Waals surface area contributed by atoms with E-state index in [0.29, 0.717) is 12.3 Å². The van der Waals surface area contributed by atoms with Gasteiger partial charge in [0.1, 0.15) is 12.4 Å². The van der Waals surface area contributed by atoms with E-state index in [0.717, 1.165) is 6.07 Å². The van der Waals surface area contributed by atoms with Crippen molar-refractivity contribution in [3.8, 4) is 0 Å². The lowest BCUT2D eigenvalue weighted by molar-refractivity contribution is -0.136. The zero-order chi connectivity index (χ0) is 21.1. The van der Waals surface area contributed by atoms with Gasteiger partial charge in [-0.25, -0.2) is 4.39 Å². The Balaban J connectivity index is 2.14. The van der Waals surface area contributed by atoms with Gasteiger partial charge in [-0.3, -0.25) is 19.2 Å². The maximum atomic E-state index is 14.4. The fraction of sp³-hybridized carbons (Fsp3) is 0.444. The van der Waals surface area contributed by atoms with Crippen molar-refractivity contribution in [2.45, 2.75) is 26.8 Å². The highest BCUT2D eigenvalue weighted by Gasteiger charge is 2.31. The minimum Gasteiger partial charge on any atom is -0.370 e. The molecule has 1 aliphatic heterocycles. The molecule has 9 nitrogen and oxygen atoms in total. The first-order valence-electron chi connectivity index (χ1n) is 8.59. The molecule has 0 bridgehead atoms. The van der Waals surface area contributed by atoms with Crippen molar-refractivity contribution in [3.05, 3.63) is 24.0 Å². The van der Waals surface area contributed by atoms with E-state index in [1.807, 2.05) is 0 Å². The van der Waals surface area contributed by atoms with Crippen molar-refractivity contribution >= 4 is 35.0 Å². The molecule has 0 aromatic heterocycles. The first-order chi connectivity index (χ1) is 13.0. The van der Waals surface area contributed by atoms with Crippen molar-refractivity contribution in [2.75, 3.05) is 30.0 Å². The second kappa shape index (κ2) is 8.34. The molecule has 0 radical (unpaired) electrons. The van der Waals surface area contributed by atoms with Gasteiger partial charge in [-0.1, -0.05) is 20.8 Å². The zero-order valence-electron chi connectivity index (χ0n) is 15.9. The van der Waals surface area contributed by atoms with E-state index in [9.17, 15) is 23.6 Å². The van der Waals surface area contributed by atoms with Crippen LogP contribution in [0.5, 0.6) is 0 Å². The molecule has 0 aliphatic carbocycles. The number of benzene rings is 1. The number of amides is 4. The highest BCUT2D eigenvalue weighted by atomic mass is 19.1. The van der Waals surface area contributed by atoms with Crippen LogP contribution in [0.1, 0.15) is 20.8 Å². The molecule has 1 saturated heterocycles. The van der Waals surface area contributed by atoms with Gasteiger partial charge >= 0.3 is 0 Å². The average Bonchev–Trinajstić information content (AvgIpc) is 2.60. The van der Waals surface area contributed by atoms with E-state index < -0.39 is 35.0 Å². The van der Waals surface area contributed by atoms with Crippen LogP contribution >= 0.6 is 0 Å². The quantitative estimate of drug-likeness (QED) is 0.612. The third-order valence-electron chi connectivity index (χ3n) is 4.01. The summed E-state index contributed by atoms with van der Waals surface area (Å²) in [7, 11) is 0. The number of nitrogens with one attached hydrogen (secondary N) is 2. The summed E-state index contributed by atoms with van der Waals surface area (Å²) in [6.07, 6.45) is 0. The smallest absolute Gasteiger partial charge is 0.256 e. The van der Waals surface area contributed by atoms with Crippen LogP contribution in [0.25, 0.3) is 0 Å². The summed E-state index contributed by atoms with van der Waals surface area (Å²) in [5.74, 6) is -3.73. The van der Waals surface area contributed by atoms with E-state index in [-0.39, 0.29) is 24.7 Å². The number of primary amides is 1. The molecule has 0 saturated carbocycles. The van der Waals surface area contributed by atoms with Gasteiger partial charge in [-0.05, 0) is 18.2 Å². The fourth-order valence-corrected chi connectivity index (χ4v) is 2.38. The monoisotopic (exact) mass is 394 g/mol. The molecule has 1 aliphatic rings. The van der Waals surface area contributed by atoms with Crippen LogP contribution in [0, 0.1) is 11.2 Å². The van der Waals surface area contributed by atoms with Crippen LogP contribution in [-0.4, -0.2) is 49.4 Å². The predicted molar refractivity (Wildman–Crippen MR) is 98.8 cm³/mol. The topological polar surface area (TPSA) is 131 Å². The zero-order valence-corrected chi connectivity index (χ0v) is 15.9. The first-order valence-corrected chi connectivity index (χ1v) is 8.59. The number of nitrogens with zero attached hydrogens (tertiary/aromatic N) is 1. The third kappa shape index (κ3) is 5.03. The minimum atomic E-state index is -1.66.